The van der Waals surface area contributed by atoms with Gasteiger partial charge in [-0.1, -0.05) is 11.6 Å². The molecule has 2 N–H and O–H groups in total. The molecule has 0 radical (unpaired) electrons. The minimum Gasteiger partial charge on any atom is -0.356 e. The summed E-state index contributed by atoms with van der Waals surface area (Å²) in [7, 11) is 5.45. The zero-order valence-corrected chi connectivity index (χ0v) is 21.4. The van der Waals surface area contributed by atoms with Crippen LogP contribution in [0.15, 0.2) is 34.2 Å². The number of likely N-dealkylation sites (N-methyl/N-ethyl adjacent to an activating group) is 1. The summed E-state index contributed by atoms with van der Waals surface area (Å²) in [6.07, 6.45) is 3.06. The summed E-state index contributed by atoms with van der Waals surface area (Å²) in [5, 5.41) is 7.46. The number of halogens is 2. The van der Waals surface area contributed by atoms with Gasteiger partial charge in [0.1, 0.15) is 0 Å². The third-order valence-electron chi connectivity index (χ3n) is 4.70. The number of rotatable bonds is 9. The van der Waals surface area contributed by atoms with Gasteiger partial charge in [0.15, 0.2) is 5.96 Å². The largest absolute Gasteiger partial charge is 0.356 e. The van der Waals surface area contributed by atoms with Crippen LogP contribution in [0.5, 0.6) is 0 Å². The molecule has 1 aliphatic rings. The normalized spacial score (nSPS) is 17.0. The second-order valence-electron chi connectivity index (χ2n) is 7.01. The average molecular weight is 554 g/mol. The van der Waals surface area contributed by atoms with E-state index in [0.29, 0.717) is 0 Å². The third-order valence-corrected chi connectivity index (χ3v) is 5.97. The molecule has 1 aliphatic heterocycles. The van der Waals surface area contributed by atoms with Crippen molar-refractivity contribution in [3.8, 4) is 0 Å². The van der Waals surface area contributed by atoms with Crippen LogP contribution in [-0.2, 0) is 4.79 Å². The number of hydrogen-bond acceptors (Lipinski definition) is 4. The molecule has 1 heterocycles. The Bertz CT molecular complexity index is 644. The number of aliphatic imine (C=N–C) groups is 1. The summed E-state index contributed by atoms with van der Waals surface area (Å²) in [5.74, 6) is 1.99. The van der Waals surface area contributed by atoms with E-state index in [4.69, 9.17) is 11.6 Å². The van der Waals surface area contributed by atoms with Gasteiger partial charge < -0.3 is 15.5 Å². The van der Waals surface area contributed by atoms with E-state index in [-0.39, 0.29) is 35.9 Å². The molecule has 1 fully saturated rings. The van der Waals surface area contributed by atoms with Crippen LogP contribution in [0.3, 0.4) is 0 Å². The molecule has 0 bridgehead atoms. The predicted molar refractivity (Wildman–Crippen MR) is 135 cm³/mol. The van der Waals surface area contributed by atoms with Crippen molar-refractivity contribution in [1.29, 1.82) is 0 Å². The number of guanidine groups is 1. The minimum absolute atomic E-state index is 0. The average Bonchev–Trinajstić information content (AvgIpc) is 3.15. The van der Waals surface area contributed by atoms with Crippen LogP contribution in [0.25, 0.3) is 0 Å². The van der Waals surface area contributed by atoms with E-state index in [1.807, 2.05) is 38.4 Å². The summed E-state index contributed by atoms with van der Waals surface area (Å²) in [4.78, 5) is 21.7. The number of carbonyl (C=O) groups is 1. The van der Waals surface area contributed by atoms with Crippen LogP contribution in [0.4, 0.5) is 0 Å². The molecular formula is C20H33ClIN5OS. The zero-order valence-electron chi connectivity index (χ0n) is 17.5. The molecule has 9 heteroatoms. The summed E-state index contributed by atoms with van der Waals surface area (Å²) in [5.41, 5.74) is 0. The smallest absolute Gasteiger partial charge is 0.239 e. The van der Waals surface area contributed by atoms with E-state index in [1.54, 1.807) is 23.7 Å². The zero-order chi connectivity index (χ0) is 20.4. The van der Waals surface area contributed by atoms with Crippen LogP contribution in [-0.4, -0.2) is 80.8 Å². The van der Waals surface area contributed by atoms with Crippen molar-refractivity contribution in [1.82, 2.24) is 20.4 Å². The monoisotopic (exact) mass is 553 g/mol. The van der Waals surface area contributed by atoms with Gasteiger partial charge in [-0.25, -0.2) is 0 Å². The first-order chi connectivity index (χ1) is 13.5. The predicted octanol–water partition coefficient (Wildman–Crippen LogP) is 3.16. The van der Waals surface area contributed by atoms with Crippen molar-refractivity contribution in [2.45, 2.75) is 30.2 Å². The van der Waals surface area contributed by atoms with E-state index < -0.39 is 0 Å². The topological polar surface area (TPSA) is 60.0 Å². The van der Waals surface area contributed by atoms with Gasteiger partial charge >= 0.3 is 0 Å². The highest BCUT2D eigenvalue weighted by Gasteiger charge is 2.30. The van der Waals surface area contributed by atoms with Gasteiger partial charge in [-0.2, -0.15) is 0 Å². The Morgan fingerprint density at radius 2 is 1.97 bits per heavy atom. The maximum Gasteiger partial charge on any atom is 0.239 e. The van der Waals surface area contributed by atoms with Crippen LogP contribution >= 0.6 is 47.3 Å². The number of carbonyl (C=O) groups excluding carboxylic acids is 1. The molecular weight excluding hydrogens is 521 g/mol. The first-order valence-corrected chi connectivity index (χ1v) is 11.2. The highest BCUT2D eigenvalue weighted by molar-refractivity contribution is 14.0. The van der Waals surface area contributed by atoms with Gasteiger partial charge in [-0.15, -0.1) is 35.7 Å². The lowest BCUT2D eigenvalue weighted by Gasteiger charge is -2.26. The van der Waals surface area contributed by atoms with E-state index in [1.165, 1.54) is 4.90 Å². The first-order valence-electron chi connectivity index (χ1n) is 9.79. The van der Waals surface area contributed by atoms with Gasteiger partial charge in [-0.3, -0.25) is 14.7 Å². The Labute approximate surface area is 201 Å². The lowest BCUT2D eigenvalue weighted by atomic mass is 10.2. The number of hydrogen-bond donors (Lipinski definition) is 2. The maximum atomic E-state index is 12.2. The summed E-state index contributed by atoms with van der Waals surface area (Å²) in [6.45, 7) is 3.61. The van der Waals surface area contributed by atoms with E-state index in [0.717, 1.165) is 62.2 Å². The highest BCUT2D eigenvalue weighted by Crippen LogP contribution is 2.20. The lowest BCUT2D eigenvalue weighted by Crippen LogP contribution is -2.44. The van der Waals surface area contributed by atoms with Crippen LogP contribution in [0.1, 0.15) is 19.3 Å². The Morgan fingerprint density at radius 3 is 2.62 bits per heavy atom. The second kappa shape index (κ2) is 14.3. The molecule has 6 nitrogen and oxygen atoms in total. The van der Waals surface area contributed by atoms with E-state index in [9.17, 15) is 4.79 Å². The number of amides is 1. The Balaban J connectivity index is 0.00000420. The molecule has 1 amide bonds. The molecule has 0 spiro atoms. The summed E-state index contributed by atoms with van der Waals surface area (Å²) < 4.78 is 0. The quantitative estimate of drug-likeness (QED) is 0.162. The number of nitrogens with one attached hydrogen (secondary N) is 2. The molecule has 0 aromatic heterocycles. The fraction of sp³-hybridized carbons (Fsp3) is 0.600. The molecule has 164 valence electrons. The lowest BCUT2D eigenvalue weighted by molar-refractivity contribution is -0.133. The molecule has 29 heavy (non-hydrogen) atoms. The van der Waals surface area contributed by atoms with Crippen molar-refractivity contribution < 1.29 is 4.79 Å². The van der Waals surface area contributed by atoms with Crippen molar-refractivity contribution >= 4 is 59.2 Å². The molecule has 1 aromatic carbocycles. The Hall–Kier alpha value is -0.710. The molecule has 1 unspecified atom stereocenters. The summed E-state index contributed by atoms with van der Waals surface area (Å²) in [6, 6.07) is 7.95. The SMILES string of the molecule is CN=C(NCCCN1CCCC1C(=O)N(C)C)NCCSc1ccc(Cl)cc1.I. The van der Waals surface area contributed by atoms with Gasteiger partial charge in [0.2, 0.25) is 5.91 Å². The molecule has 1 aromatic rings. The fourth-order valence-electron chi connectivity index (χ4n) is 3.25. The standard InChI is InChI=1S/C20H32ClN5OS.HI/c1-22-20(24-12-15-28-17-9-7-16(21)8-10-17)23-11-5-14-26-13-4-6-18(26)19(27)25(2)3;/h7-10,18H,4-6,11-15H2,1-3H3,(H2,22,23,24);1H. The molecule has 0 saturated carbocycles. The van der Waals surface area contributed by atoms with Gasteiger partial charge in [0.25, 0.3) is 0 Å². The van der Waals surface area contributed by atoms with Crippen molar-refractivity contribution in [3.63, 3.8) is 0 Å². The first kappa shape index (κ1) is 26.3. The van der Waals surface area contributed by atoms with Crippen LogP contribution in [0.2, 0.25) is 5.02 Å². The molecule has 2 rings (SSSR count). The summed E-state index contributed by atoms with van der Waals surface area (Å²) >= 11 is 7.69. The molecule has 1 saturated heterocycles. The van der Waals surface area contributed by atoms with Crippen molar-refractivity contribution in [2.24, 2.45) is 4.99 Å². The highest BCUT2D eigenvalue weighted by atomic mass is 127. The maximum absolute atomic E-state index is 12.2. The Kier molecular flexibility index (Phi) is 13.0. The van der Waals surface area contributed by atoms with Crippen LogP contribution < -0.4 is 10.6 Å². The number of likely N-dealkylation sites (tertiary alicyclic amines) is 1. The molecule has 1 atom stereocenters. The number of thioether (sulfide) groups is 1. The van der Waals surface area contributed by atoms with Crippen molar-refractivity contribution in [3.05, 3.63) is 29.3 Å². The minimum atomic E-state index is 0. The van der Waals surface area contributed by atoms with E-state index >= 15 is 0 Å². The number of nitrogens with zero attached hydrogens (tertiary/aromatic N) is 3. The molecule has 0 aliphatic carbocycles. The van der Waals surface area contributed by atoms with Crippen molar-refractivity contribution in [2.75, 3.05) is 53.1 Å². The second-order valence-corrected chi connectivity index (χ2v) is 8.61. The Morgan fingerprint density at radius 1 is 1.28 bits per heavy atom. The van der Waals surface area contributed by atoms with E-state index in [2.05, 4.69) is 20.5 Å². The number of benzene rings is 1. The van der Waals surface area contributed by atoms with Gasteiger partial charge in [0.05, 0.1) is 6.04 Å². The van der Waals surface area contributed by atoms with Gasteiger partial charge in [0, 0.05) is 56.4 Å². The van der Waals surface area contributed by atoms with Crippen LogP contribution in [0, 0.1) is 0 Å². The van der Waals surface area contributed by atoms with Gasteiger partial charge in [-0.05, 0) is 50.1 Å². The fourth-order valence-corrected chi connectivity index (χ4v) is 4.14. The third kappa shape index (κ3) is 9.31.